The van der Waals surface area contributed by atoms with Crippen molar-refractivity contribution in [1.82, 2.24) is 5.32 Å². The highest BCUT2D eigenvalue weighted by atomic mass is 16.4. The molecule has 0 aromatic carbocycles. The van der Waals surface area contributed by atoms with Gasteiger partial charge in [-0.05, 0) is 72.5 Å². The number of carboxylic acid groups (broad SMARTS) is 1. The molecule has 0 aromatic rings. The molecule has 0 radical (unpaired) electrons. The summed E-state index contributed by atoms with van der Waals surface area (Å²) in [6, 6.07) is -0.540. The van der Waals surface area contributed by atoms with E-state index in [4.69, 9.17) is 0 Å². The summed E-state index contributed by atoms with van der Waals surface area (Å²) in [7, 11) is 0. The minimum atomic E-state index is -1.03. The van der Waals surface area contributed by atoms with E-state index in [9.17, 15) is 19.5 Å². The highest BCUT2D eigenvalue weighted by Crippen LogP contribution is 2.63. The Labute approximate surface area is 179 Å². The van der Waals surface area contributed by atoms with Crippen molar-refractivity contribution in [2.75, 3.05) is 0 Å². The fourth-order valence-electron chi connectivity index (χ4n) is 6.86. The monoisotopic (exact) mass is 413 g/mol. The Morgan fingerprint density at radius 1 is 1.10 bits per heavy atom. The summed E-state index contributed by atoms with van der Waals surface area (Å²) in [4.78, 5) is 37.9. The van der Waals surface area contributed by atoms with Crippen LogP contribution in [0, 0.1) is 34.0 Å². The standard InChI is InChI=1S/C25H35NO4/c1-23(2,3)22(30)26-18-13-25(5)14(11-15(18)21(28)29)12-19(27)20-16-7-6-9-24(16,4)10-8-17(20)25/h11-12,16-18,20H,6-10,13H2,1-5H3,(H,26,30)(H,28,29)/t16?,17?,18?,20?,24-,25-/m0/s1. The van der Waals surface area contributed by atoms with E-state index in [0.717, 1.165) is 24.8 Å². The molecule has 4 rings (SSSR count). The number of ketones is 1. The SMILES string of the molecule is CC(C)(C)C(=O)NC1C[C@@]2(C)C(=CC(=O)C3C4CCC[C@@]4(C)CCC32)C=C1C(=O)O. The lowest BCUT2D eigenvalue weighted by atomic mass is 9.48. The molecule has 30 heavy (non-hydrogen) atoms. The van der Waals surface area contributed by atoms with Crippen LogP contribution in [0.2, 0.25) is 0 Å². The van der Waals surface area contributed by atoms with Crippen LogP contribution in [-0.4, -0.2) is 28.8 Å². The van der Waals surface area contributed by atoms with Gasteiger partial charge in [0, 0.05) is 11.3 Å². The Hall–Kier alpha value is -1.91. The summed E-state index contributed by atoms with van der Waals surface area (Å²) < 4.78 is 0. The molecule has 6 atom stereocenters. The first-order valence-electron chi connectivity index (χ1n) is 11.4. The van der Waals surface area contributed by atoms with Gasteiger partial charge in [-0.3, -0.25) is 9.59 Å². The second-order valence-corrected chi connectivity index (χ2v) is 11.6. The molecule has 0 aromatic heterocycles. The molecule has 1 amide bonds. The maximum Gasteiger partial charge on any atom is 0.333 e. The summed E-state index contributed by atoms with van der Waals surface area (Å²) in [6.45, 7) is 10.0. The van der Waals surface area contributed by atoms with Crippen LogP contribution < -0.4 is 5.32 Å². The number of nitrogens with one attached hydrogen (secondary N) is 1. The molecule has 0 heterocycles. The number of amides is 1. The molecular formula is C25H35NO4. The Kier molecular flexibility index (Phi) is 4.83. The van der Waals surface area contributed by atoms with Crippen LogP contribution in [0.3, 0.4) is 0 Å². The van der Waals surface area contributed by atoms with Gasteiger partial charge in [0.2, 0.25) is 5.91 Å². The van der Waals surface area contributed by atoms with Crippen LogP contribution in [0.15, 0.2) is 23.3 Å². The van der Waals surface area contributed by atoms with Gasteiger partial charge in [0.05, 0.1) is 11.6 Å². The van der Waals surface area contributed by atoms with Crippen molar-refractivity contribution in [2.24, 2.45) is 34.0 Å². The summed E-state index contributed by atoms with van der Waals surface area (Å²) >= 11 is 0. The lowest BCUT2D eigenvalue weighted by molar-refractivity contribution is -0.136. The highest BCUT2D eigenvalue weighted by Gasteiger charge is 2.59. The minimum Gasteiger partial charge on any atom is -0.478 e. The fourth-order valence-corrected chi connectivity index (χ4v) is 6.86. The van der Waals surface area contributed by atoms with Gasteiger partial charge in [0.25, 0.3) is 0 Å². The molecule has 0 aliphatic heterocycles. The zero-order chi connectivity index (χ0) is 22.1. The van der Waals surface area contributed by atoms with Crippen LogP contribution in [0.5, 0.6) is 0 Å². The number of carbonyl (C=O) groups is 3. The van der Waals surface area contributed by atoms with Gasteiger partial charge in [-0.15, -0.1) is 0 Å². The van der Waals surface area contributed by atoms with E-state index in [1.807, 2.05) is 20.8 Å². The van der Waals surface area contributed by atoms with Gasteiger partial charge in [0.15, 0.2) is 5.78 Å². The van der Waals surface area contributed by atoms with E-state index < -0.39 is 17.4 Å². The molecule has 2 fully saturated rings. The van der Waals surface area contributed by atoms with Crippen molar-refractivity contribution in [3.63, 3.8) is 0 Å². The summed E-state index contributed by atoms with van der Waals surface area (Å²) in [6.07, 6.45) is 9.58. The second-order valence-electron chi connectivity index (χ2n) is 11.6. The van der Waals surface area contributed by atoms with Gasteiger partial charge in [-0.25, -0.2) is 4.79 Å². The maximum absolute atomic E-state index is 13.3. The molecule has 0 spiro atoms. The smallest absolute Gasteiger partial charge is 0.333 e. The number of carboxylic acids is 1. The largest absolute Gasteiger partial charge is 0.478 e. The first-order chi connectivity index (χ1) is 13.9. The fraction of sp³-hybridized carbons (Fsp3) is 0.720. The Morgan fingerprint density at radius 3 is 2.43 bits per heavy atom. The third-order valence-electron chi connectivity index (χ3n) is 8.70. The Bertz CT molecular complexity index is 863. The number of allylic oxidation sites excluding steroid dienone is 3. The average molecular weight is 414 g/mol. The predicted octanol–water partition coefficient (Wildman–Crippen LogP) is 4.28. The Balaban J connectivity index is 1.74. The van der Waals surface area contributed by atoms with Crippen LogP contribution in [0.1, 0.15) is 73.1 Å². The van der Waals surface area contributed by atoms with Gasteiger partial charge < -0.3 is 10.4 Å². The van der Waals surface area contributed by atoms with Crippen LogP contribution >= 0.6 is 0 Å². The molecule has 2 saturated carbocycles. The van der Waals surface area contributed by atoms with Crippen LogP contribution in [-0.2, 0) is 14.4 Å². The van der Waals surface area contributed by atoms with Crippen molar-refractivity contribution in [3.05, 3.63) is 23.3 Å². The minimum absolute atomic E-state index is 0.0266. The normalized spacial score (nSPS) is 40.5. The van der Waals surface area contributed by atoms with E-state index >= 15 is 0 Å². The zero-order valence-electron chi connectivity index (χ0n) is 18.9. The molecule has 0 bridgehead atoms. The number of rotatable bonds is 2. The van der Waals surface area contributed by atoms with Crippen molar-refractivity contribution in [3.8, 4) is 0 Å². The van der Waals surface area contributed by atoms with Crippen LogP contribution in [0.25, 0.3) is 0 Å². The lowest BCUT2D eigenvalue weighted by Crippen LogP contribution is -2.55. The molecule has 0 saturated heterocycles. The van der Waals surface area contributed by atoms with E-state index in [1.165, 1.54) is 12.8 Å². The molecule has 2 N–H and O–H groups in total. The number of aliphatic carboxylic acids is 1. The van der Waals surface area contributed by atoms with Crippen molar-refractivity contribution in [2.45, 2.75) is 79.2 Å². The van der Waals surface area contributed by atoms with Crippen molar-refractivity contribution < 1.29 is 19.5 Å². The quantitative estimate of drug-likeness (QED) is 0.708. The lowest BCUT2D eigenvalue weighted by Gasteiger charge is -2.56. The number of carbonyl (C=O) groups excluding carboxylic acids is 2. The van der Waals surface area contributed by atoms with Gasteiger partial charge in [-0.2, -0.15) is 0 Å². The highest BCUT2D eigenvalue weighted by molar-refractivity contribution is 5.97. The van der Waals surface area contributed by atoms with Gasteiger partial charge in [-0.1, -0.05) is 41.0 Å². The van der Waals surface area contributed by atoms with Gasteiger partial charge >= 0.3 is 5.97 Å². The molecular weight excluding hydrogens is 378 g/mol. The zero-order valence-corrected chi connectivity index (χ0v) is 18.9. The van der Waals surface area contributed by atoms with E-state index in [1.54, 1.807) is 12.2 Å². The average Bonchev–Trinajstić information content (AvgIpc) is 3.02. The molecule has 4 aliphatic carbocycles. The topological polar surface area (TPSA) is 83.5 Å². The van der Waals surface area contributed by atoms with E-state index in [-0.39, 0.29) is 39.9 Å². The van der Waals surface area contributed by atoms with E-state index in [2.05, 4.69) is 19.2 Å². The molecule has 164 valence electrons. The van der Waals surface area contributed by atoms with Crippen molar-refractivity contribution in [1.29, 1.82) is 0 Å². The third kappa shape index (κ3) is 3.16. The van der Waals surface area contributed by atoms with Crippen LogP contribution in [0.4, 0.5) is 0 Å². The summed E-state index contributed by atoms with van der Waals surface area (Å²) in [5.74, 6) is -0.334. The number of fused-ring (bicyclic) bond motifs is 5. The Morgan fingerprint density at radius 2 is 1.80 bits per heavy atom. The molecule has 5 nitrogen and oxygen atoms in total. The van der Waals surface area contributed by atoms with Crippen molar-refractivity contribution >= 4 is 17.7 Å². The second kappa shape index (κ2) is 6.80. The number of hydrogen-bond acceptors (Lipinski definition) is 3. The third-order valence-corrected chi connectivity index (χ3v) is 8.70. The first kappa shape index (κ1) is 21.3. The van der Waals surface area contributed by atoms with E-state index in [0.29, 0.717) is 12.3 Å². The van der Waals surface area contributed by atoms with Gasteiger partial charge in [0.1, 0.15) is 0 Å². The molecule has 4 aliphatic rings. The molecule has 4 unspecified atom stereocenters. The summed E-state index contributed by atoms with van der Waals surface area (Å²) in [5.41, 5.74) is 0.396. The summed E-state index contributed by atoms with van der Waals surface area (Å²) in [5, 5.41) is 12.8. The maximum atomic E-state index is 13.3. The predicted molar refractivity (Wildman–Crippen MR) is 115 cm³/mol. The number of hydrogen-bond donors (Lipinski definition) is 2. The molecule has 5 heteroatoms. The first-order valence-corrected chi connectivity index (χ1v) is 11.4.